The van der Waals surface area contributed by atoms with Gasteiger partial charge in [0.2, 0.25) is 5.91 Å². The highest BCUT2D eigenvalue weighted by molar-refractivity contribution is 7.99. The number of rotatable bonds is 7. The molecule has 0 spiro atoms. The summed E-state index contributed by atoms with van der Waals surface area (Å²) in [4.78, 5) is 25.8. The van der Waals surface area contributed by atoms with Crippen LogP contribution in [0, 0.1) is 6.92 Å². The number of esters is 1. The molecule has 142 valence electrons. The first-order valence-electron chi connectivity index (χ1n) is 8.56. The molecule has 0 aliphatic carbocycles. The maximum absolute atomic E-state index is 12.5. The van der Waals surface area contributed by atoms with Gasteiger partial charge < -0.3 is 10.1 Å². The van der Waals surface area contributed by atoms with Gasteiger partial charge in [-0.1, -0.05) is 24.8 Å². The van der Waals surface area contributed by atoms with Crippen molar-refractivity contribution < 1.29 is 14.3 Å². The van der Waals surface area contributed by atoms with Crippen molar-refractivity contribution in [3.05, 3.63) is 40.4 Å². The largest absolute Gasteiger partial charge is 0.462 e. The number of anilines is 1. The smallest absolute Gasteiger partial charge is 0.341 e. The zero-order valence-corrected chi connectivity index (χ0v) is 16.9. The molecule has 0 fully saturated rings. The summed E-state index contributed by atoms with van der Waals surface area (Å²) in [7, 11) is 0. The Balaban J connectivity index is 1.73. The van der Waals surface area contributed by atoms with E-state index in [0.29, 0.717) is 22.3 Å². The Morgan fingerprint density at radius 3 is 2.85 bits per heavy atom. The third kappa shape index (κ3) is 4.14. The molecule has 3 aromatic rings. The van der Waals surface area contributed by atoms with Crippen LogP contribution in [0.4, 0.5) is 5.00 Å². The van der Waals surface area contributed by atoms with Gasteiger partial charge in [0, 0.05) is 11.1 Å². The molecule has 27 heavy (non-hydrogen) atoms. The number of ether oxygens (including phenoxy) is 1. The molecule has 0 aromatic carbocycles. The van der Waals surface area contributed by atoms with Gasteiger partial charge >= 0.3 is 5.97 Å². The molecule has 0 unspecified atom stereocenters. The fourth-order valence-electron chi connectivity index (χ4n) is 2.65. The Kier molecular flexibility index (Phi) is 6.12. The van der Waals surface area contributed by atoms with Crippen LogP contribution in [0.3, 0.4) is 0 Å². The first-order chi connectivity index (χ1) is 13.0. The van der Waals surface area contributed by atoms with Crippen LogP contribution in [-0.2, 0) is 16.0 Å². The molecule has 9 heteroatoms. The van der Waals surface area contributed by atoms with Gasteiger partial charge in [-0.3, -0.25) is 9.20 Å². The number of nitrogens with zero attached hydrogens (tertiary/aromatic N) is 3. The summed E-state index contributed by atoms with van der Waals surface area (Å²) in [6.07, 6.45) is 2.64. The number of aryl methyl sites for hydroxylation is 1. The van der Waals surface area contributed by atoms with Gasteiger partial charge in [-0.15, -0.1) is 21.5 Å². The maximum Gasteiger partial charge on any atom is 0.341 e. The van der Waals surface area contributed by atoms with E-state index in [-0.39, 0.29) is 11.7 Å². The second kappa shape index (κ2) is 8.53. The van der Waals surface area contributed by atoms with Crippen LogP contribution in [-0.4, -0.2) is 38.8 Å². The third-order valence-electron chi connectivity index (χ3n) is 3.91. The number of thiophene rings is 1. The number of amides is 1. The molecule has 0 radical (unpaired) electrons. The lowest BCUT2D eigenvalue weighted by molar-refractivity contribution is -0.113. The predicted octanol–water partition coefficient (Wildman–Crippen LogP) is 3.57. The van der Waals surface area contributed by atoms with Crippen molar-refractivity contribution in [3.8, 4) is 0 Å². The van der Waals surface area contributed by atoms with Crippen molar-refractivity contribution >= 4 is 45.6 Å². The van der Waals surface area contributed by atoms with Crippen LogP contribution in [0.2, 0.25) is 0 Å². The van der Waals surface area contributed by atoms with Gasteiger partial charge in [0.15, 0.2) is 10.8 Å². The van der Waals surface area contributed by atoms with Gasteiger partial charge in [0.05, 0.1) is 17.9 Å². The van der Waals surface area contributed by atoms with E-state index >= 15 is 0 Å². The van der Waals surface area contributed by atoms with Gasteiger partial charge in [-0.25, -0.2) is 4.79 Å². The summed E-state index contributed by atoms with van der Waals surface area (Å²) in [5.41, 5.74) is 2.05. The fraction of sp³-hybridized carbons (Fsp3) is 0.333. The lowest BCUT2D eigenvalue weighted by atomic mass is 10.1. The van der Waals surface area contributed by atoms with E-state index < -0.39 is 5.97 Å². The molecule has 3 aromatic heterocycles. The standard InChI is InChI=1S/C18H20N4O3S2/c1-4-12-11(3)15(17(24)25-5-2)16(27-12)19-14(23)10-26-18-21-20-13-8-6-7-9-22(13)18/h6-9H,4-5,10H2,1-3H3,(H,19,23). The summed E-state index contributed by atoms with van der Waals surface area (Å²) in [5.74, 6) is -0.449. The quantitative estimate of drug-likeness (QED) is 0.479. The highest BCUT2D eigenvalue weighted by Crippen LogP contribution is 2.34. The number of thioether (sulfide) groups is 1. The van der Waals surface area contributed by atoms with Crippen LogP contribution in [0.5, 0.6) is 0 Å². The average Bonchev–Trinajstić information content (AvgIpc) is 3.21. The number of pyridine rings is 1. The molecular weight excluding hydrogens is 384 g/mol. The van der Waals surface area contributed by atoms with E-state index in [4.69, 9.17) is 4.74 Å². The third-order valence-corrected chi connectivity index (χ3v) is 6.21. The van der Waals surface area contributed by atoms with E-state index in [0.717, 1.165) is 22.5 Å². The monoisotopic (exact) mass is 404 g/mol. The number of carbonyl (C=O) groups excluding carboxylic acids is 2. The molecule has 0 aliphatic heterocycles. The minimum absolute atomic E-state index is 0.163. The topological polar surface area (TPSA) is 85.6 Å². The van der Waals surface area contributed by atoms with E-state index in [9.17, 15) is 9.59 Å². The van der Waals surface area contributed by atoms with E-state index in [1.165, 1.54) is 23.1 Å². The lowest BCUT2D eigenvalue weighted by Gasteiger charge is -2.07. The highest BCUT2D eigenvalue weighted by atomic mass is 32.2. The van der Waals surface area contributed by atoms with Crippen LogP contribution < -0.4 is 5.32 Å². The minimum Gasteiger partial charge on any atom is -0.462 e. The summed E-state index contributed by atoms with van der Waals surface area (Å²) >= 11 is 2.71. The minimum atomic E-state index is -0.405. The Bertz CT molecular complexity index is 980. The maximum atomic E-state index is 12.5. The summed E-state index contributed by atoms with van der Waals surface area (Å²) in [5, 5.41) is 12.2. The second-order valence-electron chi connectivity index (χ2n) is 5.68. The lowest BCUT2D eigenvalue weighted by Crippen LogP contribution is -2.16. The molecule has 0 atom stereocenters. The molecule has 0 bridgehead atoms. The highest BCUT2D eigenvalue weighted by Gasteiger charge is 2.23. The van der Waals surface area contributed by atoms with Crippen molar-refractivity contribution in [3.63, 3.8) is 0 Å². The Hall–Kier alpha value is -2.39. The Morgan fingerprint density at radius 1 is 1.30 bits per heavy atom. The number of aromatic nitrogens is 3. The van der Waals surface area contributed by atoms with Crippen molar-refractivity contribution in [2.45, 2.75) is 32.3 Å². The number of carbonyl (C=O) groups is 2. The van der Waals surface area contributed by atoms with E-state index in [1.54, 1.807) is 6.92 Å². The molecule has 0 saturated carbocycles. The summed E-state index contributed by atoms with van der Waals surface area (Å²) in [6, 6.07) is 5.61. The molecular formula is C18H20N4O3S2. The van der Waals surface area contributed by atoms with Crippen LogP contribution >= 0.6 is 23.1 Å². The Morgan fingerprint density at radius 2 is 2.11 bits per heavy atom. The first kappa shape index (κ1) is 19.4. The van der Waals surface area contributed by atoms with Crippen molar-refractivity contribution in [2.24, 2.45) is 0 Å². The fourth-order valence-corrected chi connectivity index (χ4v) is 4.52. The molecule has 3 rings (SSSR count). The van der Waals surface area contributed by atoms with E-state index in [1.807, 2.05) is 42.6 Å². The number of nitrogens with one attached hydrogen (secondary N) is 1. The van der Waals surface area contributed by atoms with Crippen molar-refractivity contribution in [2.75, 3.05) is 17.7 Å². The molecule has 7 nitrogen and oxygen atoms in total. The van der Waals surface area contributed by atoms with Gasteiger partial charge in [0.1, 0.15) is 5.00 Å². The van der Waals surface area contributed by atoms with Crippen LogP contribution in [0.25, 0.3) is 5.65 Å². The van der Waals surface area contributed by atoms with Crippen molar-refractivity contribution in [1.82, 2.24) is 14.6 Å². The zero-order valence-electron chi connectivity index (χ0n) is 15.3. The average molecular weight is 405 g/mol. The molecule has 0 aliphatic rings. The molecule has 1 amide bonds. The van der Waals surface area contributed by atoms with Crippen LogP contribution in [0.1, 0.15) is 34.6 Å². The second-order valence-corrected chi connectivity index (χ2v) is 7.72. The summed E-state index contributed by atoms with van der Waals surface area (Å²) in [6.45, 7) is 5.96. The number of hydrogen-bond donors (Lipinski definition) is 1. The number of hydrogen-bond acceptors (Lipinski definition) is 7. The van der Waals surface area contributed by atoms with Crippen molar-refractivity contribution in [1.29, 1.82) is 0 Å². The number of fused-ring (bicyclic) bond motifs is 1. The molecule has 1 N–H and O–H groups in total. The molecule has 3 heterocycles. The SMILES string of the molecule is CCOC(=O)c1c(NC(=O)CSc2nnc3ccccn23)sc(CC)c1C. The molecule has 0 saturated heterocycles. The first-order valence-corrected chi connectivity index (χ1v) is 10.4. The van der Waals surface area contributed by atoms with Crippen LogP contribution in [0.15, 0.2) is 29.6 Å². The predicted molar refractivity (Wildman–Crippen MR) is 107 cm³/mol. The summed E-state index contributed by atoms with van der Waals surface area (Å²) < 4.78 is 6.97. The van der Waals surface area contributed by atoms with Gasteiger partial charge in [-0.05, 0) is 38.0 Å². The van der Waals surface area contributed by atoms with E-state index in [2.05, 4.69) is 15.5 Å². The van der Waals surface area contributed by atoms with Gasteiger partial charge in [0.25, 0.3) is 0 Å². The van der Waals surface area contributed by atoms with Gasteiger partial charge in [-0.2, -0.15) is 0 Å². The normalized spacial score (nSPS) is 10.9. The Labute approximate surface area is 165 Å². The zero-order chi connectivity index (χ0) is 19.4.